The Balaban J connectivity index is 0.00000161. The number of hydrogen-bond donors (Lipinski definition) is 1. The van der Waals surface area contributed by atoms with Crippen LogP contribution >= 0.6 is 0 Å². The van der Waals surface area contributed by atoms with E-state index in [-0.39, 0.29) is 47.2 Å². The third kappa shape index (κ3) is 2.34. The molecule has 7 nitrogen and oxygen atoms in total. The van der Waals surface area contributed by atoms with Crippen molar-refractivity contribution >= 4 is 17.4 Å². The van der Waals surface area contributed by atoms with Crippen LogP contribution in [0.4, 0.5) is 0 Å². The molecule has 1 amide bonds. The second-order valence-electron chi connectivity index (χ2n) is 5.24. The van der Waals surface area contributed by atoms with Crippen LogP contribution in [0.5, 0.6) is 0 Å². The first-order chi connectivity index (χ1) is 9.41. The third-order valence-corrected chi connectivity index (χ3v) is 3.94. The number of fused-ring (bicyclic) bond motifs is 1. The van der Waals surface area contributed by atoms with Gasteiger partial charge in [0.2, 0.25) is 5.91 Å². The molecule has 1 aromatic rings. The average molecular weight is 299 g/mol. The third-order valence-electron chi connectivity index (χ3n) is 3.94. The zero-order chi connectivity index (χ0) is 14.6. The molecule has 106 valence electrons. The van der Waals surface area contributed by atoms with Crippen molar-refractivity contribution in [1.82, 2.24) is 14.7 Å². The number of amides is 1. The fraction of sp³-hybridized carbons (Fsp3) is 0.462. The Morgan fingerprint density at radius 2 is 2.24 bits per heavy atom. The standard InChI is InChI=1S/C13H15N3O4.Na/c1-6(17)10-9-5-7(8-3-4-15(2)14-8)11(13(19)20)16(9)12(10)18;/h3-4,6,9-10,17H,5H2,1-2H3,(H,19,20);/q;+1/p-1/t6-,9-,10-;/m1./s1. The maximum absolute atomic E-state index is 12.0. The van der Waals surface area contributed by atoms with E-state index in [1.807, 2.05) is 0 Å². The number of carbonyl (C=O) groups is 2. The van der Waals surface area contributed by atoms with Crippen LogP contribution in [0.1, 0.15) is 19.0 Å². The second-order valence-corrected chi connectivity index (χ2v) is 5.24. The van der Waals surface area contributed by atoms with Gasteiger partial charge >= 0.3 is 29.6 Å². The fourth-order valence-corrected chi connectivity index (χ4v) is 3.06. The summed E-state index contributed by atoms with van der Waals surface area (Å²) in [4.78, 5) is 24.6. The van der Waals surface area contributed by atoms with Gasteiger partial charge in [-0.3, -0.25) is 9.48 Å². The number of aliphatic hydroxyl groups excluding tert-OH is 1. The van der Waals surface area contributed by atoms with Crippen LogP contribution in [-0.4, -0.2) is 43.8 Å². The van der Waals surface area contributed by atoms with Crippen molar-refractivity contribution in [2.45, 2.75) is 25.5 Å². The summed E-state index contributed by atoms with van der Waals surface area (Å²) in [7, 11) is 1.73. The smallest absolute Gasteiger partial charge is 0.543 e. The molecule has 1 saturated heterocycles. The Hall–Kier alpha value is -1.15. The van der Waals surface area contributed by atoms with E-state index >= 15 is 0 Å². The maximum atomic E-state index is 12.0. The first-order valence-corrected chi connectivity index (χ1v) is 6.37. The molecule has 1 aromatic heterocycles. The number of carboxylic acids is 1. The number of nitrogens with zero attached hydrogens (tertiary/aromatic N) is 3. The Morgan fingerprint density at radius 3 is 2.71 bits per heavy atom. The molecule has 2 aliphatic heterocycles. The number of aliphatic hydroxyl groups is 1. The van der Waals surface area contributed by atoms with E-state index in [4.69, 9.17) is 0 Å². The van der Waals surface area contributed by atoms with Gasteiger partial charge in [-0.25, -0.2) is 0 Å². The van der Waals surface area contributed by atoms with E-state index in [2.05, 4.69) is 5.10 Å². The number of aromatic nitrogens is 2. The summed E-state index contributed by atoms with van der Waals surface area (Å²) in [6, 6.07) is 1.39. The minimum Gasteiger partial charge on any atom is -0.543 e. The van der Waals surface area contributed by atoms with Gasteiger partial charge in [0.25, 0.3) is 0 Å². The van der Waals surface area contributed by atoms with Crippen LogP contribution in [0.25, 0.3) is 5.57 Å². The van der Waals surface area contributed by atoms with E-state index in [0.717, 1.165) is 0 Å². The van der Waals surface area contributed by atoms with Crippen molar-refractivity contribution in [3.63, 3.8) is 0 Å². The molecule has 1 fully saturated rings. The number of carboxylic acid groups (broad SMARTS) is 1. The summed E-state index contributed by atoms with van der Waals surface area (Å²) in [5.74, 6) is -2.30. The molecule has 3 heterocycles. The van der Waals surface area contributed by atoms with Crippen molar-refractivity contribution in [1.29, 1.82) is 0 Å². The molecule has 0 radical (unpaired) electrons. The van der Waals surface area contributed by atoms with Crippen LogP contribution in [0.2, 0.25) is 0 Å². The molecule has 0 unspecified atom stereocenters. The fourth-order valence-electron chi connectivity index (χ4n) is 3.06. The van der Waals surface area contributed by atoms with Gasteiger partial charge in [-0.1, -0.05) is 0 Å². The molecular weight excluding hydrogens is 285 g/mol. The normalized spacial score (nSPS) is 25.3. The summed E-state index contributed by atoms with van der Waals surface area (Å²) in [6.45, 7) is 1.54. The maximum Gasteiger partial charge on any atom is 1.00 e. The Morgan fingerprint density at radius 1 is 1.57 bits per heavy atom. The Bertz CT molecular complexity index is 637. The van der Waals surface area contributed by atoms with Crippen molar-refractivity contribution in [2.75, 3.05) is 0 Å². The number of rotatable bonds is 3. The van der Waals surface area contributed by atoms with Gasteiger partial charge in [-0.15, -0.1) is 0 Å². The molecule has 0 bridgehead atoms. The minimum absolute atomic E-state index is 0. The zero-order valence-corrected chi connectivity index (χ0v) is 14.1. The van der Waals surface area contributed by atoms with Gasteiger partial charge in [-0.05, 0) is 19.4 Å². The van der Waals surface area contributed by atoms with E-state index in [9.17, 15) is 19.8 Å². The first-order valence-electron chi connectivity index (χ1n) is 6.37. The van der Waals surface area contributed by atoms with Crippen LogP contribution in [0.3, 0.4) is 0 Å². The number of hydrogen-bond acceptors (Lipinski definition) is 5. The molecule has 21 heavy (non-hydrogen) atoms. The minimum atomic E-state index is -1.38. The molecule has 8 heteroatoms. The predicted octanol–water partition coefficient (Wildman–Crippen LogP) is -4.50. The number of β-lactam (4-membered cyclic amide) rings is 1. The molecule has 0 spiro atoms. The van der Waals surface area contributed by atoms with Crippen molar-refractivity contribution in [3.8, 4) is 0 Å². The van der Waals surface area contributed by atoms with Gasteiger partial charge < -0.3 is 19.9 Å². The van der Waals surface area contributed by atoms with E-state index < -0.39 is 18.0 Å². The van der Waals surface area contributed by atoms with Gasteiger partial charge in [-0.2, -0.15) is 5.10 Å². The Labute approximate surface area is 143 Å². The number of carbonyl (C=O) groups excluding carboxylic acids is 2. The van der Waals surface area contributed by atoms with Crippen LogP contribution in [0.15, 0.2) is 18.0 Å². The predicted molar refractivity (Wildman–Crippen MR) is 65.6 cm³/mol. The van der Waals surface area contributed by atoms with E-state index in [0.29, 0.717) is 17.7 Å². The summed E-state index contributed by atoms with van der Waals surface area (Å²) in [5, 5.41) is 25.2. The van der Waals surface area contributed by atoms with Crippen LogP contribution < -0.4 is 34.7 Å². The SMILES string of the molecule is C[C@@H](O)[C@H]1C(=O)N2C(C(=O)[O-])=C(c3ccn(C)n3)C[C@H]12.[Na+]. The quantitative estimate of drug-likeness (QED) is 0.448. The molecule has 0 saturated carbocycles. The molecule has 3 rings (SSSR count). The summed E-state index contributed by atoms with van der Waals surface area (Å²) in [6.07, 6.45) is 1.29. The molecular formula is C13H14N3NaO4. The van der Waals surface area contributed by atoms with Crippen molar-refractivity contribution in [3.05, 3.63) is 23.7 Å². The Kier molecular flexibility index (Phi) is 4.30. The summed E-state index contributed by atoms with van der Waals surface area (Å²) >= 11 is 0. The molecule has 0 aliphatic carbocycles. The number of aliphatic carboxylic acids is 1. The summed E-state index contributed by atoms with van der Waals surface area (Å²) < 4.78 is 1.57. The average Bonchev–Trinajstić information content (AvgIpc) is 2.90. The first kappa shape index (κ1) is 16.2. The van der Waals surface area contributed by atoms with Crippen LogP contribution in [-0.2, 0) is 16.6 Å². The molecule has 0 aromatic carbocycles. The second kappa shape index (κ2) is 5.57. The van der Waals surface area contributed by atoms with Crippen LogP contribution in [0, 0.1) is 5.92 Å². The molecule has 2 aliphatic rings. The monoisotopic (exact) mass is 299 g/mol. The topological polar surface area (TPSA) is 98.5 Å². The van der Waals surface area contributed by atoms with Gasteiger partial charge in [0.1, 0.15) is 0 Å². The number of aryl methyl sites for hydroxylation is 1. The summed E-state index contributed by atoms with van der Waals surface area (Å²) in [5.41, 5.74) is 0.904. The van der Waals surface area contributed by atoms with Crippen molar-refractivity contribution < 1.29 is 49.4 Å². The van der Waals surface area contributed by atoms with Gasteiger partial charge in [0, 0.05) is 18.8 Å². The molecule has 3 atom stereocenters. The van der Waals surface area contributed by atoms with E-state index in [1.165, 1.54) is 11.8 Å². The van der Waals surface area contributed by atoms with Gasteiger partial charge in [0.05, 0.1) is 35.4 Å². The zero-order valence-electron chi connectivity index (χ0n) is 12.1. The molecule has 1 N–H and O–H groups in total. The van der Waals surface area contributed by atoms with Gasteiger partial charge in [0.15, 0.2) is 0 Å². The van der Waals surface area contributed by atoms with Crippen molar-refractivity contribution in [2.24, 2.45) is 13.0 Å². The van der Waals surface area contributed by atoms with E-state index in [1.54, 1.807) is 24.0 Å². The largest absolute Gasteiger partial charge is 1.00 e.